The minimum Gasteiger partial charge on any atom is -0.455 e. The molecular formula is C36H49F5N4O8S. The fraction of sp³-hybridized carbons (Fsp3) is 0.611. The summed E-state index contributed by atoms with van der Waals surface area (Å²) in [6.45, 7) is 16.9. The second kappa shape index (κ2) is 18.8. The first-order valence-electron chi connectivity index (χ1n) is 17.2. The Morgan fingerprint density at radius 1 is 0.870 bits per heavy atom. The molecule has 0 fully saturated rings. The summed E-state index contributed by atoms with van der Waals surface area (Å²) < 4.78 is 84.6. The van der Waals surface area contributed by atoms with Gasteiger partial charge in [-0.25, -0.2) is 27.7 Å². The molecule has 1 aromatic heterocycles. The first-order valence-corrected chi connectivity index (χ1v) is 18.1. The van der Waals surface area contributed by atoms with Crippen molar-refractivity contribution in [2.24, 2.45) is 17.8 Å². The van der Waals surface area contributed by atoms with Crippen LogP contribution in [0.25, 0.3) is 0 Å². The predicted molar refractivity (Wildman–Crippen MR) is 188 cm³/mol. The summed E-state index contributed by atoms with van der Waals surface area (Å²) in [5.74, 6) is -18.0. The number of rotatable bonds is 15. The van der Waals surface area contributed by atoms with E-state index in [2.05, 4.69) is 15.0 Å². The number of thiazole rings is 1. The van der Waals surface area contributed by atoms with Crippen molar-refractivity contribution < 1.29 is 60.1 Å². The Morgan fingerprint density at radius 2 is 1.41 bits per heavy atom. The molecule has 2 rings (SSSR count). The van der Waals surface area contributed by atoms with Gasteiger partial charge in [-0.15, -0.1) is 11.3 Å². The van der Waals surface area contributed by atoms with Crippen LogP contribution in [0.5, 0.6) is 5.75 Å². The molecule has 0 saturated heterocycles. The lowest BCUT2D eigenvalue weighted by Crippen LogP contribution is -2.59. The molecule has 54 heavy (non-hydrogen) atoms. The molecule has 0 bridgehead atoms. The van der Waals surface area contributed by atoms with Gasteiger partial charge < -0.3 is 24.4 Å². The van der Waals surface area contributed by atoms with Crippen molar-refractivity contribution in [1.29, 1.82) is 0 Å². The van der Waals surface area contributed by atoms with Crippen molar-refractivity contribution in [3.05, 3.63) is 45.2 Å². The Kier molecular flexibility index (Phi) is 15.9. The van der Waals surface area contributed by atoms with E-state index >= 15 is 0 Å². The second-order valence-corrected chi connectivity index (χ2v) is 15.5. The van der Waals surface area contributed by atoms with Crippen LogP contribution in [0, 0.1) is 46.8 Å². The summed E-state index contributed by atoms with van der Waals surface area (Å²) in [6.07, 6.45) is -1.48. The van der Waals surface area contributed by atoms with Gasteiger partial charge in [0.2, 0.25) is 46.6 Å². The largest absolute Gasteiger partial charge is 0.455 e. The van der Waals surface area contributed by atoms with Gasteiger partial charge in [-0.1, -0.05) is 48.0 Å². The summed E-state index contributed by atoms with van der Waals surface area (Å²) in [6, 6.07) is -2.71. The molecule has 1 aromatic carbocycles. The van der Waals surface area contributed by atoms with E-state index < -0.39 is 100 Å². The predicted octanol–water partition coefficient (Wildman–Crippen LogP) is 6.96. The van der Waals surface area contributed by atoms with E-state index in [1.807, 2.05) is 6.92 Å². The van der Waals surface area contributed by atoms with Crippen LogP contribution in [-0.2, 0) is 23.9 Å². The van der Waals surface area contributed by atoms with Crippen molar-refractivity contribution in [2.75, 3.05) is 14.1 Å². The number of amides is 3. The maximum Gasteiger partial charge on any atom is 0.410 e. The minimum atomic E-state index is -2.43. The van der Waals surface area contributed by atoms with Crippen LogP contribution in [0.15, 0.2) is 5.38 Å². The lowest BCUT2D eigenvalue weighted by Gasteiger charge is -2.38. The fourth-order valence-electron chi connectivity index (χ4n) is 5.52. The molecule has 0 radical (unpaired) electrons. The molecular weight excluding hydrogens is 743 g/mol. The zero-order chi connectivity index (χ0) is 41.6. The van der Waals surface area contributed by atoms with E-state index in [-0.39, 0.29) is 29.2 Å². The SMILES string of the molecule is CCC(C)[C@H](NC(=O)[C@@H](C(C)C)N(C)C(=O)OC(C)(C)C)C(=O)N(C)[C@H](C[C@@H](OC(C)=O)c1nc(C(=O)Oc2c(F)c(F)c(F)c(F)c2F)cs1)C(C)C. The lowest BCUT2D eigenvalue weighted by atomic mass is 9.92. The van der Waals surface area contributed by atoms with Gasteiger partial charge in [-0.05, 0) is 38.5 Å². The average molecular weight is 793 g/mol. The van der Waals surface area contributed by atoms with Crippen molar-refractivity contribution in [2.45, 2.75) is 112 Å². The van der Waals surface area contributed by atoms with Gasteiger partial charge in [0.05, 0.1) is 0 Å². The molecule has 0 aliphatic rings. The highest BCUT2D eigenvalue weighted by atomic mass is 32.1. The fourth-order valence-corrected chi connectivity index (χ4v) is 6.35. The molecule has 302 valence electrons. The Balaban J connectivity index is 2.41. The van der Waals surface area contributed by atoms with Gasteiger partial charge in [-0.3, -0.25) is 19.3 Å². The molecule has 12 nitrogen and oxygen atoms in total. The molecule has 5 atom stereocenters. The third kappa shape index (κ3) is 11.3. The van der Waals surface area contributed by atoms with Crippen LogP contribution in [-0.4, -0.2) is 82.5 Å². The van der Waals surface area contributed by atoms with Crippen LogP contribution in [0.1, 0.15) is 104 Å². The van der Waals surface area contributed by atoms with Gasteiger partial charge in [-0.2, -0.15) is 8.78 Å². The van der Waals surface area contributed by atoms with E-state index in [9.17, 15) is 45.9 Å². The van der Waals surface area contributed by atoms with Crippen LogP contribution in [0.3, 0.4) is 0 Å². The quantitative estimate of drug-likeness (QED) is 0.0666. The maximum atomic E-state index is 14.2. The van der Waals surface area contributed by atoms with E-state index in [1.54, 1.807) is 55.4 Å². The summed E-state index contributed by atoms with van der Waals surface area (Å²) in [5.41, 5.74) is -1.40. The molecule has 0 aliphatic heterocycles. The van der Waals surface area contributed by atoms with Crippen molar-refractivity contribution in [3.63, 3.8) is 0 Å². The van der Waals surface area contributed by atoms with Gasteiger partial charge in [0, 0.05) is 38.9 Å². The van der Waals surface area contributed by atoms with E-state index in [0.29, 0.717) is 6.42 Å². The molecule has 1 heterocycles. The standard InChI is InChI=1S/C36H49F5N4O8S/c1-13-18(6)28(43-31(47)29(17(4)5)45(12)35(50)53-36(8,9)10)33(48)44(11)21(16(2)3)14-22(51-19(7)46)32-42-20(15-54-32)34(49)52-30-26(40)24(38)23(37)25(39)27(30)41/h15-18,21-22,28-29H,13-14H2,1-12H3,(H,43,47)/t18?,21-,22-,28+,29-/m1/s1. The van der Waals surface area contributed by atoms with Crippen molar-refractivity contribution in [3.8, 4) is 5.75 Å². The number of hydrogen-bond donors (Lipinski definition) is 1. The Morgan fingerprint density at radius 3 is 1.87 bits per heavy atom. The number of nitrogens with one attached hydrogen (secondary N) is 1. The van der Waals surface area contributed by atoms with Crippen LogP contribution in [0.4, 0.5) is 26.7 Å². The zero-order valence-corrected chi connectivity index (χ0v) is 33.3. The summed E-state index contributed by atoms with van der Waals surface area (Å²) in [5, 5.41) is 3.92. The molecule has 3 amide bonds. The number of hydrogen-bond acceptors (Lipinski definition) is 10. The minimum absolute atomic E-state index is 0.00204. The smallest absolute Gasteiger partial charge is 0.410 e. The molecule has 1 unspecified atom stereocenters. The molecule has 0 saturated carbocycles. The molecule has 18 heteroatoms. The first-order chi connectivity index (χ1) is 24.8. The normalized spacial score (nSPS) is 14.5. The number of halogens is 5. The highest BCUT2D eigenvalue weighted by molar-refractivity contribution is 7.09. The van der Waals surface area contributed by atoms with Crippen LogP contribution >= 0.6 is 11.3 Å². The van der Waals surface area contributed by atoms with Crippen LogP contribution < -0.4 is 10.1 Å². The lowest BCUT2D eigenvalue weighted by molar-refractivity contribution is -0.149. The first kappa shape index (κ1) is 45.8. The third-order valence-electron chi connectivity index (χ3n) is 8.52. The van der Waals surface area contributed by atoms with E-state index in [4.69, 9.17) is 9.47 Å². The zero-order valence-electron chi connectivity index (χ0n) is 32.4. The highest BCUT2D eigenvalue weighted by Gasteiger charge is 2.39. The third-order valence-corrected chi connectivity index (χ3v) is 9.46. The second-order valence-electron chi connectivity index (χ2n) is 14.6. The van der Waals surface area contributed by atoms with E-state index in [1.165, 1.54) is 23.9 Å². The maximum absolute atomic E-state index is 14.2. The summed E-state index contributed by atoms with van der Waals surface area (Å²) in [4.78, 5) is 72.5. The molecule has 0 spiro atoms. The topological polar surface area (TPSA) is 144 Å². The van der Waals surface area contributed by atoms with Crippen molar-refractivity contribution in [1.82, 2.24) is 20.1 Å². The van der Waals surface area contributed by atoms with Crippen LogP contribution in [0.2, 0.25) is 0 Å². The number of carbonyl (C=O) groups excluding carboxylic acids is 5. The number of benzene rings is 1. The molecule has 0 aliphatic carbocycles. The van der Waals surface area contributed by atoms with Gasteiger partial charge in [0.1, 0.15) is 22.7 Å². The molecule has 2 aromatic rings. The number of likely N-dealkylation sites (N-methyl/N-ethyl adjacent to an activating group) is 2. The Hall–Kier alpha value is -4.35. The number of aromatic nitrogens is 1. The number of esters is 2. The Bertz CT molecular complexity index is 1670. The monoisotopic (exact) mass is 792 g/mol. The van der Waals surface area contributed by atoms with Gasteiger partial charge in [0.25, 0.3) is 0 Å². The van der Waals surface area contributed by atoms with Gasteiger partial charge >= 0.3 is 18.0 Å². The van der Waals surface area contributed by atoms with Crippen molar-refractivity contribution >= 4 is 41.2 Å². The number of carbonyl (C=O) groups is 5. The Labute approximate surface area is 315 Å². The average Bonchev–Trinajstić information content (AvgIpc) is 3.57. The summed E-state index contributed by atoms with van der Waals surface area (Å²) >= 11 is 0.779. The number of ether oxygens (including phenoxy) is 3. The number of nitrogens with zero attached hydrogens (tertiary/aromatic N) is 3. The summed E-state index contributed by atoms with van der Waals surface area (Å²) in [7, 11) is 2.96. The van der Waals surface area contributed by atoms with Gasteiger partial charge in [0.15, 0.2) is 11.8 Å². The highest BCUT2D eigenvalue weighted by Crippen LogP contribution is 2.33. The molecule has 1 N–H and O–H groups in total. The van der Waals surface area contributed by atoms with E-state index in [0.717, 1.165) is 23.6 Å².